The second-order valence-electron chi connectivity index (χ2n) is 5.06. The maximum Gasteiger partial charge on any atom is 0.124 e. The van der Waals surface area contributed by atoms with Gasteiger partial charge in [0.1, 0.15) is 5.82 Å². The van der Waals surface area contributed by atoms with Gasteiger partial charge >= 0.3 is 0 Å². The van der Waals surface area contributed by atoms with Gasteiger partial charge in [-0.3, -0.25) is 0 Å². The van der Waals surface area contributed by atoms with Crippen molar-refractivity contribution in [2.45, 2.75) is 38.9 Å². The van der Waals surface area contributed by atoms with Crippen molar-refractivity contribution in [1.29, 1.82) is 0 Å². The Morgan fingerprint density at radius 1 is 1.35 bits per heavy atom. The van der Waals surface area contributed by atoms with Gasteiger partial charge in [-0.05, 0) is 44.5 Å². The van der Waals surface area contributed by atoms with Crippen molar-refractivity contribution in [1.82, 2.24) is 0 Å². The Bertz CT molecular complexity index is 354. The third kappa shape index (κ3) is 6.15. The van der Waals surface area contributed by atoms with Gasteiger partial charge in [0.15, 0.2) is 0 Å². The second-order valence-corrected chi connectivity index (χ2v) is 5.97. The van der Waals surface area contributed by atoms with Crippen LogP contribution in [0.1, 0.15) is 26.3 Å². The fourth-order valence-corrected chi connectivity index (χ4v) is 1.92. The van der Waals surface area contributed by atoms with Crippen LogP contribution in [0.5, 0.6) is 0 Å². The molecule has 0 saturated carbocycles. The van der Waals surface area contributed by atoms with Crippen LogP contribution in [0.4, 0.5) is 4.39 Å². The maximum absolute atomic E-state index is 13.1. The van der Waals surface area contributed by atoms with Crippen molar-refractivity contribution in [3.8, 4) is 0 Å². The van der Waals surface area contributed by atoms with Gasteiger partial charge in [-0.15, -0.1) is 0 Å². The monoisotopic (exact) mass is 304 g/mol. The molecule has 1 aromatic carbocycles. The summed E-state index contributed by atoms with van der Waals surface area (Å²) in [5.74, 6) is -0.307. The smallest absolute Gasteiger partial charge is 0.124 e. The first kappa shape index (κ1) is 14.6. The number of ether oxygens (including phenoxy) is 1. The van der Waals surface area contributed by atoms with Crippen LogP contribution in [-0.4, -0.2) is 23.4 Å². The number of rotatable bonds is 4. The van der Waals surface area contributed by atoms with E-state index in [4.69, 9.17) is 4.74 Å². The van der Waals surface area contributed by atoms with Gasteiger partial charge in [-0.25, -0.2) is 4.39 Å². The summed E-state index contributed by atoms with van der Waals surface area (Å²) in [7, 11) is 0. The number of benzene rings is 1. The van der Waals surface area contributed by atoms with E-state index in [9.17, 15) is 9.50 Å². The van der Waals surface area contributed by atoms with E-state index in [0.717, 1.165) is 5.56 Å². The Hall–Kier alpha value is -0.450. The molecule has 0 aliphatic heterocycles. The van der Waals surface area contributed by atoms with Crippen LogP contribution in [0.15, 0.2) is 22.7 Å². The van der Waals surface area contributed by atoms with Crippen molar-refractivity contribution in [3.05, 3.63) is 34.1 Å². The molecule has 1 N–H and O–H groups in total. The van der Waals surface area contributed by atoms with Crippen molar-refractivity contribution in [2.75, 3.05) is 6.61 Å². The molecule has 0 heterocycles. The van der Waals surface area contributed by atoms with Crippen LogP contribution in [0.25, 0.3) is 0 Å². The summed E-state index contributed by atoms with van der Waals surface area (Å²) in [6, 6.07) is 4.61. The Morgan fingerprint density at radius 3 is 2.53 bits per heavy atom. The van der Waals surface area contributed by atoms with Crippen LogP contribution in [0.2, 0.25) is 0 Å². The van der Waals surface area contributed by atoms with Gasteiger partial charge in [0.05, 0.1) is 18.3 Å². The van der Waals surface area contributed by atoms with E-state index in [2.05, 4.69) is 15.9 Å². The van der Waals surface area contributed by atoms with Gasteiger partial charge in [0.2, 0.25) is 0 Å². The van der Waals surface area contributed by atoms with Gasteiger partial charge < -0.3 is 9.84 Å². The Morgan fingerprint density at radius 2 is 2.00 bits per heavy atom. The molecule has 0 aliphatic rings. The zero-order chi connectivity index (χ0) is 13.1. The average molecular weight is 305 g/mol. The normalized spacial score (nSPS) is 13.8. The zero-order valence-corrected chi connectivity index (χ0v) is 11.9. The van der Waals surface area contributed by atoms with Gasteiger partial charge in [-0.2, -0.15) is 0 Å². The van der Waals surface area contributed by atoms with Crippen LogP contribution in [-0.2, 0) is 11.2 Å². The summed E-state index contributed by atoms with van der Waals surface area (Å²) in [5.41, 5.74) is 0.477. The Kier molecular flexibility index (Phi) is 5.10. The molecule has 0 saturated heterocycles. The summed E-state index contributed by atoms with van der Waals surface area (Å²) < 4.78 is 19.3. The highest BCUT2D eigenvalue weighted by Gasteiger charge is 2.14. The van der Waals surface area contributed by atoms with E-state index in [-0.39, 0.29) is 18.0 Å². The van der Waals surface area contributed by atoms with E-state index in [1.54, 1.807) is 6.07 Å². The average Bonchev–Trinajstić information content (AvgIpc) is 2.11. The quantitative estimate of drug-likeness (QED) is 0.925. The van der Waals surface area contributed by atoms with Gasteiger partial charge in [-0.1, -0.05) is 15.9 Å². The summed E-state index contributed by atoms with van der Waals surface area (Å²) in [5, 5.41) is 9.78. The predicted molar refractivity (Wildman–Crippen MR) is 69.5 cm³/mol. The van der Waals surface area contributed by atoms with Crippen LogP contribution < -0.4 is 0 Å². The lowest BCUT2D eigenvalue weighted by atomic mass is 10.1. The SMILES string of the molecule is CC(C)(C)OCC(O)Cc1cc(F)cc(Br)c1. The lowest BCUT2D eigenvalue weighted by Gasteiger charge is -2.22. The van der Waals surface area contributed by atoms with E-state index in [0.29, 0.717) is 10.9 Å². The molecule has 0 radical (unpaired) electrons. The van der Waals surface area contributed by atoms with Crippen LogP contribution in [0.3, 0.4) is 0 Å². The molecule has 17 heavy (non-hydrogen) atoms. The molecule has 0 aliphatic carbocycles. The molecular weight excluding hydrogens is 287 g/mol. The second kappa shape index (κ2) is 5.94. The van der Waals surface area contributed by atoms with Crippen molar-refractivity contribution >= 4 is 15.9 Å². The number of aliphatic hydroxyl groups excluding tert-OH is 1. The minimum atomic E-state index is -0.622. The number of aliphatic hydroxyl groups is 1. The molecule has 0 bridgehead atoms. The van der Waals surface area contributed by atoms with Crippen molar-refractivity contribution in [2.24, 2.45) is 0 Å². The van der Waals surface area contributed by atoms with E-state index in [1.807, 2.05) is 20.8 Å². The fraction of sp³-hybridized carbons (Fsp3) is 0.538. The summed E-state index contributed by atoms with van der Waals surface area (Å²) in [4.78, 5) is 0. The maximum atomic E-state index is 13.1. The number of halogens is 2. The first-order valence-electron chi connectivity index (χ1n) is 5.53. The first-order chi connectivity index (χ1) is 7.76. The summed E-state index contributed by atoms with van der Waals surface area (Å²) >= 11 is 3.22. The molecule has 1 rings (SSSR count). The highest BCUT2D eigenvalue weighted by Crippen LogP contribution is 2.17. The standard InChI is InChI=1S/C13H18BrFO2/c1-13(2,3)17-8-12(16)6-9-4-10(14)7-11(15)5-9/h4-5,7,12,16H,6,8H2,1-3H3. The number of hydrogen-bond acceptors (Lipinski definition) is 2. The van der Waals surface area contributed by atoms with Crippen molar-refractivity contribution < 1.29 is 14.2 Å². The van der Waals surface area contributed by atoms with Crippen LogP contribution >= 0.6 is 15.9 Å². The molecule has 0 amide bonds. The third-order valence-corrected chi connectivity index (χ3v) is 2.56. The molecule has 0 aromatic heterocycles. The zero-order valence-electron chi connectivity index (χ0n) is 10.3. The van der Waals surface area contributed by atoms with E-state index < -0.39 is 6.10 Å². The highest BCUT2D eigenvalue weighted by atomic mass is 79.9. The molecular formula is C13H18BrFO2. The van der Waals surface area contributed by atoms with E-state index >= 15 is 0 Å². The first-order valence-corrected chi connectivity index (χ1v) is 6.32. The minimum Gasteiger partial charge on any atom is -0.390 e. The number of hydrogen-bond donors (Lipinski definition) is 1. The largest absolute Gasteiger partial charge is 0.390 e. The Balaban J connectivity index is 2.53. The van der Waals surface area contributed by atoms with Gasteiger partial charge in [0.25, 0.3) is 0 Å². The van der Waals surface area contributed by atoms with Crippen molar-refractivity contribution in [3.63, 3.8) is 0 Å². The molecule has 1 atom stereocenters. The molecule has 4 heteroatoms. The summed E-state index contributed by atoms with van der Waals surface area (Å²) in [6.07, 6.45) is -0.241. The molecule has 2 nitrogen and oxygen atoms in total. The van der Waals surface area contributed by atoms with E-state index in [1.165, 1.54) is 12.1 Å². The van der Waals surface area contributed by atoms with Gasteiger partial charge in [0, 0.05) is 10.9 Å². The highest BCUT2D eigenvalue weighted by molar-refractivity contribution is 9.10. The summed E-state index contributed by atoms with van der Waals surface area (Å²) in [6.45, 7) is 6.03. The molecule has 0 spiro atoms. The lowest BCUT2D eigenvalue weighted by Crippen LogP contribution is -2.27. The molecule has 96 valence electrons. The molecule has 1 unspecified atom stereocenters. The fourth-order valence-electron chi connectivity index (χ4n) is 1.41. The Labute approximate surface area is 110 Å². The topological polar surface area (TPSA) is 29.5 Å². The minimum absolute atomic E-state index is 0.248. The molecule has 0 fully saturated rings. The predicted octanol–water partition coefficient (Wildman–Crippen LogP) is 3.31. The third-order valence-electron chi connectivity index (χ3n) is 2.10. The van der Waals surface area contributed by atoms with Crippen LogP contribution in [0, 0.1) is 5.82 Å². The lowest BCUT2D eigenvalue weighted by molar-refractivity contribution is -0.0482. The molecule has 1 aromatic rings.